The molecule has 1 saturated carbocycles. The number of benzene rings is 3. The number of aliphatic hydroxyl groups excluding tert-OH is 1. The van der Waals surface area contributed by atoms with Crippen molar-refractivity contribution in [1.29, 1.82) is 0 Å². The molecule has 1 spiro atoms. The molecule has 3 aromatic carbocycles. The fraction of sp³-hybridized carbons (Fsp3) is 0.490. The number of fused-ring (bicyclic) bond motifs is 3. The number of aromatic hydroxyl groups is 1. The minimum atomic E-state index is -0.742. The second-order valence-electron chi connectivity index (χ2n) is 18.1. The number of carbonyl (C=O) groups is 2. The minimum absolute atomic E-state index is 0.0762. The predicted molar refractivity (Wildman–Crippen MR) is 227 cm³/mol. The first-order valence-corrected chi connectivity index (χ1v) is 21.9. The van der Waals surface area contributed by atoms with Gasteiger partial charge in [0.25, 0.3) is 0 Å². The van der Waals surface area contributed by atoms with Crippen LogP contribution in [-0.2, 0) is 27.8 Å². The molecule has 1 fully saturated rings. The maximum atomic E-state index is 13.6. The minimum Gasteiger partial charge on any atom is -0.511 e. The number of unbranched alkanes of at least 4 members (excludes halogenated alkanes) is 2. The van der Waals surface area contributed by atoms with Crippen LogP contribution in [0.1, 0.15) is 112 Å². The van der Waals surface area contributed by atoms with Crippen molar-refractivity contribution in [2.24, 2.45) is 47.2 Å². The molecule has 3 aromatic rings. The van der Waals surface area contributed by atoms with Crippen molar-refractivity contribution in [2.45, 2.75) is 108 Å². The number of hydrogen-bond donors (Lipinski definition) is 4. The Hall–Kier alpha value is -4.42. The Kier molecular flexibility index (Phi) is 11.9. The zero-order valence-corrected chi connectivity index (χ0v) is 33.4. The van der Waals surface area contributed by atoms with Crippen molar-refractivity contribution < 1.29 is 24.9 Å². The molecule has 9 unspecified atom stereocenters. The summed E-state index contributed by atoms with van der Waals surface area (Å²) in [7, 11) is 0. The highest BCUT2D eigenvalue weighted by molar-refractivity contribution is 5.74. The second kappa shape index (κ2) is 17.2. The maximum Gasteiger partial charge on any atom is 0.307 e. The van der Waals surface area contributed by atoms with Gasteiger partial charge in [0.2, 0.25) is 0 Å². The van der Waals surface area contributed by atoms with Crippen molar-refractivity contribution in [3.63, 3.8) is 0 Å². The summed E-state index contributed by atoms with van der Waals surface area (Å²) < 4.78 is 0. The number of allylic oxidation sites excluding steroid dienone is 3. The lowest BCUT2D eigenvalue weighted by Crippen LogP contribution is -2.55. The van der Waals surface area contributed by atoms with Crippen molar-refractivity contribution in [3.05, 3.63) is 123 Å². The quantitative estimate of drug-likeness (QED) is 0.0831. The Morgan fingerprint density at radius 1 is 0.912 bits per heavy atom. The third-order valence-corrected chi connectivity index (χ3v) is 15.1. The van der Waals surface area contributed by atoms with Crippen LogP contribution < -0.4 is 16.2 Å². The molecule has 5 N–H and O–H groups in total. The van der Waals surface area contributed by atoms with E-state index >= 15 is 0 Å². The molecule has 0 amide bonds. The normalized spacial score (nSPS) is 29.7. The van der Waals surface area contributed by atoms with E-state index in [1.807, 2.05) is 18.2 Å². The van der Waals surface area contributed by atoms with Crippen molar-refractivity contribution in [2.75, 3.05) is 6.54 Å². The monoisotopic (exact) mass is 767 g/mol. The lowest BCUT2D eigenvalue weighted by molar-refractivity contribution is -0.147. The van der Waals surface area contributed by atoms with Gasteiger partial charge in [0.1, 0.15) is 17.8 Å². The zero-order chi connectivity index (χ0) is 39.5. The summed E-state index contributed by atoms with van der Waals surface area (Å²) in [4.78, 5) is 25.8. The van der Waals surface area contributed by atoms with Crippen LogP contribution in [0.4, 0.5) is 0 Å². The SMILES string of the molecule is NCCC1=CC(C(C=O)CCCCCC2CC=CCC(C(=O)O)C34CC5C(O)=c6ccccc6=CC5CC3CCc3ccc(cc34)CC2c2ccc(O)cc2)CC1. The summed E-state index contributed by atoms with van der Waals surface area (Å²) in [5.74, 6) is 0.560. The fourth-order valence-electron chi connectivity index (χ4n) is 12.2. The molecule has 8 rings (SSSR count). The number of phenolic OH excluding ortho intramolecular Hbond substituents is 1. The third kappa shape index (κ3) is 7.91. The fourth-order valence-corrected chi connectivity index (χ4v) is 12.2. The Bertz CT molecular complexity index is 2120. The number of aryl methyl sites for hydroxylation is 1. The first-order valence-electron chi connectivity index (χ1n) is 21.9. The highest BCUT2D eigenvalue weighted by Gasteiger charge is 2.57. The Morgan fingerprint density at radius 3 is 2.54 bits per heavy atom. The van der Waals surface area contributed by atoms with Crippen LogP contribution in [0.5, 0.6) is 5.75 Å². The van der Waals surface area contributed by atoms with E-state index in [0.29, 0.717) is 37.0 Å². The molecule has 0 aliphatic heterocycles. The van der Waals surface area contributed by atoms with E-state index in [1.165, 1.54) is 34.1 Å². The van der Waals surface area contributed by atoms with Crippen LogP contribution >= 0.6 is 0 Å². The number of nitrogens with two attached hydrogens (primary N) is 1. The Labute approximate surface area is 338 Å². The lowest BCUT2D eigenvalue weighted by atomic mass is 9.47. The summed E-state index contributed by atoms with van der Waals surface area (Å²) in [6.07, 6.45) is 24.0. The standard InChI is InChI=1S/C51H61NO5/c52-25-24-33-14-17-38(26-33)40(32-53)11-3-1-2-8-35-9-5-7-13-47(50(56)57)51-31-46-41(29-39-10-4-6-12-44(39)49(46)55)30-42(51)21-18-37-16-15-34(28-48(37)51)27-45(35)36-19-22-43(54)23-20-36/h4-7,10,12,15-16,19-20,22-23,26,28-29,32,35,38,40-42,45-47,54-55H,1-3,8-9,11,13-14,17-18,21,24-25,27,30-31,52H2,(H,56,57). The van der Waals surface area contributed by atoms with Gasteiger partial charge in [-0.2, -0.15) is 0 Å². The summed E-state index contributed by atoms with van der Waals surface area (Å²) in [5, 5.41) is 35.3. The molecule has 6 heteroatoms. The van der Waals surface area contributed by atoms with E-state index in [1.54, 1.807) is 12.1 Å². The maximum absolute atomic E-state index is 13.6. The second-order valence-corrected chi connectivity index (χ2v) is 18.1. The predicted octanol–water partition coefficient (Wildman–Crippen LogP) is 8.82. The van der Waals surface area contributed by atoms with Gasteiger partial charge < -0.3 is 25.8 Å². The third-order valence-electron chi connectivity index (χ3n) is 15.1. The highest BCUT2D eigenvalue weighted by atomic mass is 16.4. The smallest absolute Gasteiger partial charge is 0.307 e. The number of rotatable bonds is 12. The number of aliphatic hydroxyl groups is 1. The van der Waals surface area contributed by atoms with Gasteiger partial charge in [-0.3, -0.25) is 4.79 Å². The molecule has 0 heterocycles. The highest BCUT2D eigenvalue weighted by Crippen LogP contribution is 2.60. The number of carbonyl (C=O) groups excluding carboxylic acids is 1. The van der Waals surface area contributed by atoms with E-state index < -0.39 is 17.3 Å². The number of aliphatic carboxylic acids is 1. The average molecular weight is 768 g/mol. The van der Waals surface area contributed by atoms with Gasteiger partial charge in [-0.25, -0.2) is 0 Å². The first kappa shape index (κ1) is 39.4. The molecular formula is C51H61NO5. The average Bonchev–Trinajstić information content (AvgIpc) is 3.68. The van der Waals surface area contributed by atoms with E-state index in [4.69, 9.17) is 5.73 Å². The van der Waals surface area contributed by atoms with Crippen molar-refractivity contribution in [3.8, 4) is 5.75 Å². The molecule has 6 nitrogen and oxygen atoms in total. The van der Waals surface area contributed by atoms with Gasteiger partial charge in [-0.05, 0) is 153 Å². The van der Waals surface area contributed by atoms with Crippen LogP contribution in [0.15, 0.2) is 90.5 Å². The Morgan fingerprint density at radius 2 is 1.74 bits per heavy atom. The number of phenols is 1. The molecule has 9 atom stereocenters. The first-order chi connectivity index (χ1) is 27.8. The molecule has 0 aromatic heterocycles. The summed E-state index contributed by atoms with van der Waals surface area (Å²) in [6, 6.07) is 22.8. The molecule has 5 aliphatic rings. The lowest BCUT2D eigenvalue weighted by Gasteiger charge is -2.56. The molecule has 57 heavy (non-hydrogen) atoms. The van der Waals surface area contributed by atoms with Gasteiger partial charge in [-0.1, -0.05) is 104 Å². The molecule has 5 aliphatic carbocycles. The van der Waals surface area contributed by atoms with Crippen molar-refractivity contribution >= 4 is 24.1 Å². The van der Waals surface area contributed by atoms with Gasteiger partial charge in [0.05, 0.1) is 5.92 Å². The van der Waals surface area contributed by atoms with E-state index in [9.17, 15) is 24.9 Å². The van der Waals surface area contributed by atoms with E-state index in [0.717, 1.165) is 93.9 Å². The zero-order valence-electron chi connectivity index (χ0n) is 33.4. The molecule has 2 bridgehead atoms. The number of carboxylic acid groups (broad SMARTS) is 1. The van der Waals surface area contributed by atoms with Gasteiger partial charge in [0.15, 0.2) is 0 Å². The molecular weight excluding hydrogens is 707 g/mol. The molecule has 300 valence electrons. The number of hydrogen-bond acceptors (Lipinski definition) is 5. The summed E-state index contributed by atoms with van der Waals surface area (Å²) >= 11 is 0. The molecule has 0 saturated heterocycles. The van der Waals surface area contributed by atoms with E-state index in [2.05, 4.69) is 60.7 Å². The van der Waals surface area contributed by atoms with E-state index in [-0.39, 0.29) is 35.3 Å². The van der Waals surface area contributed by atoms with Gasteiger partial charge in [-0.15, -0.1) is 0 Å². The summed E-state index contributed by atoms with van der Waals surface area (Å²) in [5.41, 5.74) is 11.5. The van der Waals surface area contributed by atoms with Crippen molar-refractivity contribution in [1.82, 2.24) is 0 Å². The van der Waals surface area contributed by atoms with Crippen LogP contribution in [0.25, 0.3) is 11.8 Å². The largest absolute Gasteiger partial charge is 0.511 e. The van der Waals surface area contributed by atoms with Gasteiger partial charge >= 0.3 is 5.97 Å². The summed E-state index contributed by atoms with van der Waals surface area (Å²) in [6.45, 7) is 0.666. The van der Waals surface area contributed by atoms with Crippen LogP contribution in [0.2, 0.25) is 0 Å². The van der Waals surface area contributed by atoms with Crippen LogP contribution in [0, 0.1) is 41.4 Å². The van der Waals surface area contributed by atoms with Crippen LogP contribution in [-0.4, -0.2) is 34.1 Å². The number of aldehydes is 1. The number of carboxylic acids is 1. The van der Waals surface area contributed by atoms with Crippen LogP contribution in [0.3, 0.4) is 0 Å². The van der Waals surface area contributed by atoms with Gasteiger partial charge in [0, 0.05) is 22.5 Å². The topological polar surface area (TPSA) is 121 Å². The Balaban J connectivity index is 1.09. The molecule has 0 radical (unpaired) electrons.